The number of hydrogen-bond donors (Lipinski definition) is 1. The number of ether oxygens (including phenoxy) is 2. The number of nitrogens with one attached hydrogen (secondary N) is 1. The predicted molar refractivity (Wildman–Crippen MR) is 66.4 cm³/mol. The van der Waals surface area contributed by atoms with E-state index in [1.54, 1.807) is 0 Å². The van der Waals surface area contributed by atoms with E-state index in [-0.39, 0.29) is 11.6 Å². The normalized spacial score (nSPS) is 20.8. The summed E-state index contributed by atoms with van der Waals surface area (Å²) in [6, 6.07) is 0. The third kappa shape index (κ3) is 4.22. The van der Waals surface area contributed by atoms with E-state index in [2.05, 4.69) is 36.3 Å². The van der Waals surface area contributed by atoms with Crippen LogP contribution in [0.1, 0.15) is 32.2 Å². The van der Waals surface area contributed by atoms with Crippen LogP contribution >= 0.6 is 11.3 Å². The largest absolute Gasteiger partial charge is 0.463 e. The van der Waals surface area contributed by atoms with E-state index >= 15 is 0 Å². The molecule has 2 heterocycles. The lowest BCUT2D eigenvalue weighted by molar-refractivity contribution is 0.140. The first-order valence-corrected chi connectivity index (χ1v) is 6.66. The third-order valence-corrected chi connectivity index (χ3v) is 3.19. The van der Waals surface area contributed by atoms with Crippen molar-refractivity contribution in [2.75, 3.05) is 13.2 Å². The minimum atomic E-state index is 0.0893. The molecule has 96 valence electrons. The molecular weight excluding hydrogens is 238 g/mol. The summed E-state index contributed by atoms with van der Waals surface area (Å²) in [6.07, 6.45) is 1.08. The lowest BCUT2D eigenvalue weighted by Crippen LogP contribution is -2.35. The van der Waals surface area contributed by atoms with Gasteiger partial charge in [-0.15, -0.1) is 5.10 Å². The van der Waals surface area contributed by atoms with Crippen molar-refractivity contribution >= 4 is 11.3 Å². The number of aromatic nitrogens is 2. The van der Waals surface area contributed by atoms with Gasteiger partial charge in [0.2, 0.25) is 0 Å². The Kier molecular flexibility index (Phi) is 3.96. The van der Waals surface area contributed by atoms with Crippen molar-refractivity contribution in [1.29, 1.82) is 0 Å². The SMILES string of the molecule is CC(C)(C)NCc1nnc(OC2CCOC2)s1. The highest BCUT2D eigenvalue weighted by Crippen LogP contribution is 2.21. The van der Waals surface area contributed by atoms with Gasteiger partial charge in [0, 0.05) is 12.0 Å². The Labute approximate surface area is 106 Å². The smallest absolute Gasteiger partial charge is 0.294 e. The molecule has 17 heavy (non-hydrogen) atoms. The molecule has 1 atom stereocenters. The summed E-state index contributed by atoms with van der Waals surface area (Å²) in [6.45, 7) is 8.55. The molecular formula is C11H19N3O2S. The highest BCUT2D eigenvalue weighted by Gasteiger charge is 2.19. The molecule has 1 aliphatic rings. The number of rotatable bonds is 4. The van der Waals surface area contributed by atoms with Crippen LogP contribution in [0.25, 0.3) is 0 Å². The van der Waals surface area contributed by atoms with Crippen LogP contribution in [0, 0.1) is 0 Å². The Morgan fingerprint density at radius 3 is 2.94 bits per heavy atom. The summed E-state index contributed by atoms with van der Waals surface area (Å²) < 4.78 is 10.9. The molecule has 2 rings (SSSR count). The fourth-order valence-electron chi connectivity index (χ4n) is 1.45. The maximum absolute atomic E-state index is 5.68. The second-order valence-corrected chi connectivity index (χ2v) is 6.19. The Hall–Kier alpha value is -0.720. The topological polar surface area (TPSA) is 56.3 Å². The standard InChI is InChI=1S/C11H19N3O2S/c1-11(2,3)12-6-9-13-14-10(17-9)16-8-4-5-15-7-8/h8,12H,4-7H2,1-3H3. The summed E-state index contributed by atoms with van der Waals surface area (Å²) >= 11 is 1.50. The van der Waals surface area contributed by atoms with Gasteiger partial charge in [0.1, 0.15) is 11.1 Å². The van der Waals surface area contributed by atoms with Crippen LogP contribution in [0.2, 0.25) is 0 Å². The van der Waals surface area contributed by atoms with Crippen LogP contribution in [-0.4, -0.2) is 35.1 Å². The fraction of sp³-hybridized carbons (Fsp3) is 0.818. The van der Waals surface area contributed by atoms with Crippen molar-refractivity contribution in [2.24, 2.45) is 0 Å². The molecule has 6 heteroatoms. The van der Waals surface area contributed by atoms with E-state index in [1.165, 1.54) is 11.3 Å². The number of nitrogens with zero attached hydrogens (tertiary/aromatic N) is 2. The molecule has 1 aliphatic heterocycles. The van der Waals surface area contributed by atoms with Crippen molar-refractivity contribution in [1.82, 2.24) is 15.5 Å². The summed E-state index contributed by atoms with van der Waals surface area (Å²) in [5, 5.41) is 13.1. The maximum atomic E-state index is 5.68. The first kappa shape index (κ1) is 12.7. The summed E-state index contributed by atoms with van der Waals surface area (Å²) in [4.78, 5) is 0. The Balaban J connectivity index is 1.83. The van der Waals surface area contributed by atoms with Crippen molar-refractivity contribution in [2.45, 2.75) is 45.4 Å². The van der Waals surface area contributed by atoms with Crippen LogP contribution in [0.5, 0.6) is 5.19 Å². The molecule has 0 saturated carbocycles. The van der Waals surface area contributed by atoms with Gasteiger partial charge in [-0.05, 0) is 20.8 Å². The van der Waals surface area contributed by atoms with Gasteiger partial charge in [-0.1, -0.05) is 16.4 Å². The van der Waals surface area contributed by atoms with Crippen LogP contribution in [0.4, 0.5) is 0 Å². The molecule has 1 aromatic rings. The zero-order chi connectivity index (χ0) is 12.3. The van der Waals surface area contributed by atoms with Crippen LogP contribution in [0.15, 0.2) is 0 Å². The summed E-state index contributed by atoms with van der Waals surface area (Å²) in [7, 11) is 0. The first-order chi connectivity index (χ1) is 8.03. The molecule has 1 unspecified atom stereocenters. The Morgan fingerprint density at radius 2 is 2.29 bits per heavy atom. The molecule has 1 fully saturated rings. The van der Waals surface area contributed by atoms with Gasteiger partial charge in [-0.25, -0.2) is 0 Å². The highest BCUT2D eigenvalue weighted by molar-refractivity contribution is 7.13. The lowest BCUT2D eigenvalue weighted by Gasteiger charge is -2.19. The van der Waals surface area contributed by atoms with Crippen LogP contribution in [0.3, 0.4) is 0 Å². The lowest BCUT2D eigenvalue weighted by atomic mass is 10.1. The average Bonchev–Trinajstić information content (AvgIpc) is 2.86. The van der Waals surface area contributed by atoms with E-state index in [0.29, 0.717) is 11.8 Å². The minimum Gasteiger partial charge on any atom is -0.463 e. The first-order valence-electron chi connectivity index (χ1n) is 5.85. The van der Waals surface area contributed by atoms with Gasteiger partial charge in [0.15, 0.2) is 0 Å². The van der Waals surface area contributed by atoms with Crippen molar-refractivity contribution in [3.05, 3.63) is 5.01 Å². The molecule has 5 nitrogen and oxygen atoms in total. The van der Waals surface area contributed by atoms with Gasteiger partial charge in [0.25, 0.3) is 5.19 Å². The minimum absolute atomic E-state index is 0.0893. The molecule has 0 spiro atoms. The van der Waals surface area contributed by atoms with E-state index in [4.69, 9.17) is 9.47 Å². The zero-order valence-corrected chi connectivity index (χ0v) is 11.3. The quantitative estimate of drug-likeness (QED) is 0.887. The van der Waals surface area contributed by atoms with E-state index in [0.717, 1.165) is 24.6 Å². The van der Waals surface area contributed by atoms with Crippen molar-refractivity contribution in [3.63, 3.8) is 0 Å². The molecule has 1 aromatic heterocycles. The van der Waals surface area contributed by atoms with Crippen LogP contribution in [-0.2, 0) is 11.3 Å². The van der Waals surface area contributed by atoms with Crippen molar-refractivity contribution < 1.29 is 9.47 Å². The Bertz CT molecular complexity index is 356. The van der Waals surface area contributed by atoms with Gasteiger partial charge >= 0.3 is 0 Å². The van der Waals surface area contributed by atoms with E-state index in [1.807, 2.05) is 0 Å². The fourth-order valence-corrected chi connectivity index (χ4v) is 2.14. The van der Waals surface area contributed by atoms with E-state index in [9.17, 15) is 0 Å². The molecule has 0 aromatic carbocycles. The molecule has 1 N–H and O–H groups in total. The summed E-state index contributed by atoms with van der Waals surface area (Å²) in [5.74, 6) is 0. The van der Waals surface area contributed by atoms with Gasteiger partial charge < -0.3 is 14.8 Å². The molecule has 1 saturated heterocycles. The van der Waals surface area contributed by atoms with E-state index < -0.39 is 0 Å². The number of hydrogen-bond acceptors (Lipinski definition) is 6. The monoisotopic (exact) mass is 257 g/mol. The van der Waals surface area contributed by atoms with Gasteiger partial charge in [0.05, 0.1) is 19.8 Å². The van der Waals surface area contributed by atoms with Gasteiger partial charge in [-0.3, -0.25) is 0 Å². The van der Waals surface area contributed by atoms with Crippen molar-refractivity contribution in [3.8, 4) is 5.19 Å². The molecule has 0 aliphatic carbocycles. The van der Waals surface area contributed by atoms with Crippen LogP contribution < -0.4 is 10.1 Å². The van der Waals surface area contributed by atoms with Gasteiger partial charge in [-0.2, -0.15) is 0 Å². The summed E-state index contributed by atoms with van der Waals surface area (Å²) in [5.41, 5.74) is 0.0893. The predicted octanol–water partition coefficient (Wildman–Crippen LogP) is 1.59. The zero-order valence-electron chi connectivity index (χ0n) is 10.5. The Morgan fingerprint density at radius 1 is 1.47 bits per heavy atom. The second kappa shape index (κ2) is 5.29. The highest BCUT2D eigenvalue weighted by atomic mass is 32.1. The average molecular weight is 257 g/mol. The molecule has 0 amide bonds. The second-order valence-electron chi connectivity index (χ2n) is 5.17. The molecule has 0 radical (unpaired) electrons. The maximum Gasteiger partial charge on any atom is 0.294 e. The molecule has 0 bridgehead atoms. The third-order valence-electron chi connectivity index (χ3n) is 2.37.